The van der Waals surface area contributed by atoms with Crippen LogP contribution in [-0.2, 0) is 25.8 Å². The van der Waals surface area contributed by atoms with Crippen molar-refractivity contribution in [1.29, 1.82) is 0 Å². The minimum atomic E-state index is -0.0293. The van der Waals surface area contributed by atoms with Crippen molar-refractivity contribution in [3.63, 3.8) is 0 Å². The van der Waals surface area contributed by atoms with Crippen LogP contribution in [0.5, 0.6) is 0 Å². The van der Waals surface area contributed by atoms with E-state index in [2.05, 4.69) is 27.1 Å². The predicted octanol–water partition coefficient (Wildman–Crippen LogP) is 2.04. The third-order valence-corrected chi connectivity index (χ3v) is 6.21. The molecule has 1 saturated heterocycles. The van der Waals surface area contributed by atoms with E-state index in [9.17, 15) is 4.79 Å². The molecule has 27 heavy (non-hydrogen) atoms. The Balaban J connectivity index is 1.42. The second kappa shape index (κ2) is 6.71. The molecule has 142 valence electrons. The van der Waals surface area contributed by atoms with Crippen LogP contribution in [0.2, 0.25) is 0 Å². The van der Waals surface area contributed by atoms with Crippen LogP contribution in [0.3, 0.4) is 0 Å². The molecule has 1 fully saturated rings. The smallest absolute Gasteiger partial charge is 0.275 e. The van der Waals surface area contributed by atoms with E-state index in [-0.39, 0.29) is 11.9 Å². The highest BCUT2D eigenvalue weighted by molar-refractivity contribution is 5.94. The van der Waals surface area contributed by atoms with Gasteiger partial charge in [0.2, 0.25) is 0 Å². The van der Waals surface area contributed by atoms with Crippen molar-refractivity contribution in [3.05, 3.63) is 40.2 Å². The number of aromatic nitrogens is 4. The first kappa shape index (κ1) is 16.9. The summed E-state index contributed by atoms with van der Waals surface area (Å²) in [7, 11) is 2.12. The largest absolute Gasteiger partial charge is 0.327 e. The Morgan fingerprint density at radius 2 is 2.07 bits per heavy atom. The summed E-state index contributed by atoms with van der Waals surface area (Å²) in [5.41, 5.74) is 5.26. The minimum Gasteiger partial charge on any atom is -0.327 e. The van der Waals surface area contributed by atoms with Crippen LogP contribution in [0.25, 0.3) is 0 Å². The number of fused-ring (bicyclic) bond motifs is 2. The minimum absolute atomic E-state index is 0.0293. The average Bonchev–Trinajstić information content (AvgIpc) is 3.34. The monoisotopic (exact) mass is 366 g/mol. The summed E-state index contributed by atoms with van der Waals surface area (Å²) in [5.74, 6) is 0.839. The Morgan fingerprint density at radius 1 is 1.19 bits per heavy atom. The third-order valence-electron chi connectivity index (χ3n) is 6.21. The molecule has 0 bridgehead atoms. The van der Waals surface area contributed by atoms with Crippen LogP contribution < -0.4 is 0 Å². The number of likely N-dealkylation sites (tertiary alicyclic amines) is 1. The Kier molecular flexibility index (Phi) is 4.19. The highest BCUT2D eigenvalue weighted by Crippen LogP contribution is 2.33. The second-order valence-corrected chi connectivity index (χ2v) is 8.08. The first-order chi connectivity index (χ1) is 13.2. The first-order valence-corrected chi connectivity index (χ1v) is 10.1. The molecule has 1 N–H and O–H groups in total. The third kappa shape index (κ3) is 2.94. The summed E-state index contributed by atoms with van der Waals surface area (Å²) < 4.78 is 0. The van der Waals surface area contributed by atoms with Crippen molar-refractivity contribution in [1.82, 2.24) is 30.0 Å². The lowest BCUT2D eigenvalue weighted by Crippen LogP contribution is -2.33. The fourth-order valence-electron chi connectivity index (χ4n) is 4.71. The van der Waals surface area contributed by atoms with Crippen LogP contribution >= 0.6 is 0 Å². The molecule has 1 amide bonds. The van der Waals surface area contributed by atoms with Crippen LogP contribution in [-0.4, -0.2) is 56.0 Å². The van der Waals surface area contributed by atoms with Gasteiger partial charge >= 0.3 is 0 Å². The molecule has 1 atom stereocenters. The number of hydrogen-bond donors (Lipinski definition) is 1. The maximum absolute atomic E-state index is 13.3. The summed E-state index contributed by atoms with van der Waals surface area (Å²) >= 11 is 0. The molecule has 0 unspecified atom stereocenters. The molecule has 1 aliphatic carbocycles. The van der Waals surface area contributed by atoms with Crippen molar-refractivity contribution in [2.45, 2.75) is 57.5 Å². The van der Waals surface area contributed by atoms with Crippen LogP contribution in [0.4, 0.5) is 0 Å². The van der Waals surface area contributed by atoms with Crippen molar-refractivity contribution in [2.24, 2.45) is 0 Å². The molecule has 0 spiro atoms. The van der Waals surface area contributed by atoms with Gasteiger partial charge in [0, 0.05) is 54.8 Å². The van der Waals surface area contributed by atoms with Crippen LogP contribution in [0.1, 0.15) is 70.6 Å². The normalized spacial score (nSPS) is 22.6. The molecular formula is C20H26N6O. The Hall–Kier alpha value is -2.28. The van der Waals surface area contributed by atoms with Gasteiger partial charge in [0.1, 0.15) is 0 Å². The molecule has 2 aromatic heterocycles. The van der Waals surface area contributed by atoms with E-state index in [1.54, 1.807) is 0 Å². The second-order valence-electron chi connectivity index (χ2n) is 8.08. The summed E-state index contributed by atoms with van der Waals surface area (Å²) in [6.07, 6.45) is 9.10. The number of aromatic amines is 1. The van der Waals surface area contributed by atoms with E-state index in [1.165, 1.54) is 12.0 Å². The number of nitrogens with one attached hydrogen (secondary N) is 1. The molecule has 0 radical (unpaired) electrons. The number of hydrogen-bond acceptors (Lipinski definition) is 5. The van der Waals surface area contributed by atoms with E-state index < -0.39 is 0 Å². The summed E-state index contributed by atoms with van der Waals surface area (Å²) in [5, 5.41) is 7.48. The van der Waals surface area contributed by atoms with Gasteiger partial charge in [-0.15, -0.1) is 0 Å². The summed E-state index contributed by atoms with van der Waals surface area (Å²) in [6.45, 7) is 2.69. The molecule has 2 aromatic rings. The maximum atomic E-state index is 13.3. The standard InChI is InChI=1S/C20H26N6O/c1-25-10-8-15-13(12-25)11-21-19(22-15)17-7-4-9-26(17)20(27)18-14-5-2-3-6-16(14)23-24-18/h11,17H,2-10,12H2,1H3,(H,23,24)/t17-/m0/s1. The van der Waals surface area contributed by atoms with E-state index in [0.717, 1.165) is 80.9 Å². The topological polar surface area (TPSA) is 78.0 Å². The summed E-state index contributed by atoms with van der Waals surface area (Å²) in [4.78, 5) is 27.0. The first-order valence-electron chi connectivity index (χ1n) is 10.1. The van der Waals surface area contributed by atoms with E-state index in [1.807, 2.05) is 11.1 Å². The summed E-state index contributed by atoms with van der Waals surface area (Å²) in [6, 6.07) is -0.0293. The van der Waals surface area contributed by atoms with E-state index in [4.69, 9.17) is 4.98 Å². The molecule has 2 aliphatic heterocycles. The fraction of sp³-hybridized carbons (Fsp3) is 0.600. The lowest BCUT2D eigenvalue weighted by molar-refractivity contribution is 0.0722. The van der Waals surface area contributed by atoms with Gasteiger partial charge in [-0.05, 0) is 45.6 Å². The number of rotatable bonds is 2. The van der Waals surface area contributed by atoms with Gasteiger partial charge < -0.3 is 9.80 Å². The van der Waals surface area contributed by atoms with Crippen LogP contribution in [0, 0.1) is 0 Å². The number of likely N-dealkylation sites (N-methyl/N-ethyl adjacent to an activating group) is 1. The molecule has 0 saturated carbocycles. The quantitative estimate of drug-likeness (QED) is 0.880. The highest BCUT2D eigenvalue weighted by Gasteiger charge is 2.35. The van der Waals surface area contributed by atoms with Gasteiger partial charge in [-0.2, -0.15) is 5.10 Å². The number of amides is 1. The fourth-order valence-corrected chi connectivity index (χ4v) is 4.71. The van der Waals surface area contributed by atoms with E-state index in [0.29, 0.717) is 5.69 Å². The zero-order valence-electron chi connectivity index (χ0n) is 15.9. The predicted molar refractivity (Wildman–Crippen MR) is 100 cm³/mol. The van der Waals surface area contributed by atoms with Crippen molar-refractivity contribution in [2.75, 3.05) is 20.1 Å². The molecular weight excluding hydrogens is 340 g/mol. The number of carbonyl (C=O) groups excluding carboxylic acids is 1. The zero-order chi connectivity index (χ0) is 18.4. The number of aryl methyl sites for hydroxylation is 1. The highest BCUT2D eigenvalue weighted by atomic mass is 16.2. The van der Waals surface area contributed by atoms with Gasteiger partial charge in [-0.1, -0.05) is 0 Å². The van der Waals surface area contributed by atoms with Crippen LogP contribution in [0.15, 0.2) is 6.20 Å². The lowest BCUT2D eigenvalue weighted by atomic mass is 9.95. The molecule has 4 heterocycles. The van der Waals surface area contributed by atoms with Crippen molar-refractivity contribution >= 4 is 5.91 Å². The van der Waals surface area contributed by atoms with Gasteiger partial charge in [0.05, 0.1) is 6.04 Å². The molecule has 7 nitrogen and oxygen atoms in total. The number of nitrogens with zero attached hydrogens (tertiary/aromatic N) is 5. The van der Waals surface area contributed by atoms with Gasteiger partial charge in [-0.3, -0.25) is 9.89 Å². The van der Waals surface area contributed by atoms with Crippen molar-refractivity contribution in [3.8, 4) is 0 Å². The van der Waals surface area contributed by atoms with Gasteiger partial charge in [0.15, 0.2) is 11.5 Å². The Bertz CT molecular complexity index is 875. The number of carbonyl (C=O) groups is 1. The van der Waals surface area contributed by atoms with Gasteiger partial charge in [-0.25, -0.2) is 9.97 Å². The molecule has 5 rings (SSSR count). The van der Waals surface area contributed by atoms with Crippen molar-refractivity contribution < 1.29 is 4.79 Å². The Labute approximate surface area is 159 Å². The lowest BCUT2D eigenvalue weighted by Gasteiger charge is -2.27. The van der Waals surface area contributed by atoms with E-state index >= 15 is 0 Å². The molecule has 7 heteroatoms. The zero-order valence-corrected chi connectivity index (χ0v) is 15.9. The average molecular weight is 366 g/mol. The maximum Gasteiger partial charge on any atom is 0.275 e. The van der Waals surface area contributed by atoms with Gasteiger partial charge in [0.25, 0.3) is 5.91 Å². The SMILES string of the molecule is CN1CCc2nc([C@@H]3CCCN3C(=O)c3n[nH]c4c3CCCC4)ncc2C1. The molecule has 0 aromatic carbocycles. The number of H-pyrrole nitrogens is 1. The molecule has 3 aliphatic rings. The Morgan fingerprint density at radius 3 is 3.00 bits per heavy atom.